The van der Waals surface area contributed by atoms with Gasteiger partial charge in [0.05, 0.1) is 6.04 Å². The van der Waals surface area contributed by atoms with Crippen molar-refractivity contribution in [2.45, 2.75) is 77.7 Å². The van der Waals surface area contributed by atoms with Gasteiger partial charge < -0.3 is 35.0 Å². The molecule has 0 aromatic heterocycles. The largest absolute Gasteiger partial charge is 0.444 e. The van der Waals surface area contributed by atoms with Gasteiger partial charge in [0.2, 0.25) is 5.91 Å². The van der Waals surface area contributed by atoms with Crippen LogP contribution in [-0.2, 0) is 22.5 Å². The second kappa shape index (κ2) is 15.1. The first kappa shape index (κ1) is 33.6. The molecule has 11 nitrogen and oxygen atoms in total. The average Bonchev–Trinajstić information content (AvgIpc) is 3.43. The first-order chi connectivity index (χ1) is 21.4. The Kier molecular flexibility index (Phi) is 11.3. The molecule has 0 bridgehead atoms. The van der Waals surface area contributed by atoms with Crippen LogP contribution in [0.25, 0.3) is 0 Å². The number of nitrogens with zero attached hydrogens (tertiary/aromatic N) is 4. The number of nitrogens with one attached hydrogen (secondary N) is 2. The van der Waals surface area contributed by atoms with Crippen LogP contribution in [0.15, 0.2) is 60.7 Å². The molecular formula is C34H48N6O5. The Morgan fingerprint density at radius 2 is 1.49 bits per heavy atom. The zero-order valence-corrected chi connectivity index (χ0v) is 27.2. The van der Waals surface area contributed by atoms with E-state index in [0.29, 0.717) is 52.1 Å². The summed E-state index contributed by atoms with van der Waals surface area (Å²) >= 11 is 0. The van der Waals surface area contributed by atoms with Gasteiger partial charge in [0, 0.05) is 51.9 Å². The number of urea groups is 2. The Labute approximate surface area is 266 Å². The van der Waals surface area contributed by atoms with E-state index in [-0.39, 0.29) is 36.6 Å². The molecule has 2 heterocycles. The topological polar surface area (TPSA) is 115 Å². The number of alkyl carbamates (subject to hydrolysis) is 1. The maximum absolute atomic E-state index is 13.7. The summed E-state index contributed by atoms with van der Waals surface area (Å²) in [6.45, 7) is 12.3. The van der Waals surface area contributed by atoms with Gasteiger partial charge in [-0.15, -0.1) is 0 Å². The highest BCUT2D eigenvalue weighted by Crippen LogP contribution is 2.22. The molecule has 6 amide bonds. The summed E-state index contributed by atoms with van der Waals surface area (Å²) in [4.78, 5) is 59.4. The number of ether oxygens (including phenoxy) is 1. The van der Waals surface area contributed by atoms with Crippen LogP contribution in [0.5, 0.6) is 0 Å². The second-order valence-electron chi connectivity index (χ2n) is 12.9. The molecule has 2 saturated heterocycles. The highest BCUT2D eigenvalue weighted by Gasteiger charge is 2.39. The minimum Gasteiger partial charge on any atom is -0.444 e. The van der Waals surface area contributed by atoms with Gasteiger partial charge >= 0.3 is 18.2 Å². The molecule has 2 aromatic carbocycles. The first-order valence-corrected chi connectivity index (χ1v) is 15.9. The smallest absolute Gasteiger partial charge is 0.408 e. The zero-order valence-electron chi connectivity index (χ0n) is 27.2. The molecule has 0 spiro atoms. The van der Waals surface area contributed by atoms with E-state index < -0.39 is 17.7 Å². The van der Waals surface area contributed by atoms with E-state index in [1.54, 1.807) is 20.8 Å². The molecule has 2 aromatic rings. The molecule has 2 aliphatic heterocycles. The lowest BCUT2D eigenvalue weighted by atomic mass is 10.1. The Hall–Kier alpha value is -4.28. The number of amides is 6. The molecular weight excluding hydrogens is 572 g/mol. The van der Waals surface area contributed by atoms with E-state index in [2.05, 4.69) is 10.6 Å². The van der Waals surface area contributed by atoms with Crippen LogP contribution in [0.1, 0.15) is 52.2 Å². The van der Waals surface area contributed by atoms with Crippen LogP contribution in [-0.4, -0.2) is 107 Å². The molecule has 0 aliphatic carbocycles. The van der Waals surface area contributed by atoms with Crippen molar-refractivity contribution in [1.29, 1.82) is 0 Å². The van der Waals surface area contributed by atoms with E-state index in [1.807, 2.05) is 94.1 Å². The standard InChI is InChI=1S/C34H48N6O5/c1-6-29(36-31(42)45-34(3,4)5)30(41)35-17-18-40-28(21-26-13-9-7-10-14-26)24-37(32(40)43)19-20-39-25(2)22-38(33(39)44)23-27-15-11-8-12-16-27/h7-16,25,28-29H,6,17-24H2,1-5H3,(H,35,41)(H,36,42)/t25-,28-,29-/m0/s1. The summed E-state index contributed by atoms with van der Waals surface area (Å²) in [5.41, 5.74) is 1.54. The predicted octanol–water partition coefficient (Wildman–Crippen LogP) is 4.08. The third kappa shape index (κ3) is 9.36. The monoisotopic (exact) mass is 620 g/mol. The van der Waals surface area contributed by atoms with Crippen molar-refractivity contribution < 1.29 is 23.9 Å². The maximum Gasteiger partial charge on any atom is 0.408 e. The summed E-state index contributed by atoms with van der Waals surface area (Å²) < 4.78 is 5.29. The highest BCUT2D eigenvalue weighted by molar-refractivity contribution is 5.85. The molecule has 2 N–H and O–H groups in total. The third-order valence-corrected chi connectivity index (χ3v) is 8.13. The van der Waals surface area contributed by atoms with E-state index in [0.717, 1.165) is 11.1 Å². The van der Waals surface area contributed by atoms with Gasteiger partial charge in [-0.25, -0.2) is 14.4 Å². The van der Waals surface area contributed by atoms with Crippen molar-refractivity contribution in [3.63, 3.8) is 0 Å². The third-order valence-electron chi connectivity index (χ3n) is 8.13. The number of benzene rings is 2. The highest BCUT2D eigenvalue weighted by atomic mass is 16.6. The molecule has 244 valence electrons. The van der Waals surface area contributed by atoms with Crippen LogP contribution in [0.4, 0.5) is 14.4 Å². The van der Waals surface area contributed by atoms with Crippen molar-refractivity contribution in [2.75, 3.05) is 39.3 Å². The SMILES string of the molecule is CC[C@H](NC(=O)OC(C)(C)C)C(=O)NCCN1C(=O)N(CCN2C(=O)N(Cc3ccccc3)C[C@@H]2C)C[C@@H]1Cc1ccccc1. The van der Waals surface area contributed by atoms with Gasteiger partial charge in [-0.3, -0.25) is 4.79 Å². The Balaban J connectivity index is 1.34. The predicted molar refractivity (Wildman–Crippen MR) is 172 cm³/mol. The van der Waals surface area contributed by atoms with E-state index in [9.17, 15) is 19.2 Å². The summed E-state index contributed by atoms with van der Waals surface area (Å²) in [6.07, 6.45) is 0.430. The van der Waals surface area contributed by atoms with Crippen molar-refractivity contribution in [1.82, 2.24) is 30.2 Å². The Bertz CT molecular complexity index is 1300. The lowest BCUT2D eigenvalue weighted by Gasteiger charge is -2.25. The van der Waals surface area contributed by atoms with Crippen LogP contribution < -0.4 is 10.6 Å². The number of carbonyl (C=O) groups is 4. The van der Waals surface area contributed by atoms with Crippen LogP contribution in [0, 0.1) is 0 Å². The molecule has 0 unspecified atom stereocenters. The van der Waals surface area contributed by atoms with Crippen LogP contribution >= 0.6 is 0 Å². The molecule has 4 rings (SSSR count). The summed E-state index contributed by atoms with van der Waals surface area (Å²) in [5.74, 6) is -0.326. The molecule has 45 heavy (non-hydrogen) atoms. The number of hydrogen-bond donors (Lipinski definition) is 2. The molecule has 0 radical (unpaired) electrons. The minimum atomic E-state index is -0.743. The molecule has 0 saturated carbocycles. The van der Waals surface area contributed by atoms with Crippen molar-refractivity contribution >= 4 is 24.1 Å². The molecule has 2 aliphatic rings. The lowest BCUT2D eigenvalue weighted by Crippen LogP contribution is -2.49. The maximum atomic E-state index is 13.7. The van der Waals surface area contributed by atoms with E-state index in [4.69, 9.17) is 4.74 Å². The fourth-order valence-corrected chi connectivity index (χ4v) is 5.87. The zero-order chi connectivity index (χ0) is 32.6. The van der Waals surface area contributed by atoms with Gasteiger partial charge in [-0.2, -0.15) is 0 Å². The molecule has 11 heteroatoms. The van der Waals surface area contributed by atoms with Crippen molar-refractivity contribution in [3.8, 4) is 0 Å². The first-order valence-electron chi connectivity index (χ1n) is 15.9. The van der Waals surface area contributed by atoms with Gasteiger partial charge in [-0.05, 0) is 51.7 Å². The van der Waals surface area contributed by atoms with E-state index >= 15 is 0 Å². The van der Waals surface area contributed by atoms with Gasteiger partial charge in [0.25, 0.3) is 0 Å². The molecule has 3 atom stereocenters. The normalized spacial score (nSPS) is 19.2. The van der Waals surface area contributed by atoms with Crippen LogP contribution in [0.3, 0.4) is 0 Å². The fraction of sp³-hybridized carbons (Fsp3) is 0.529. The summed E-state index contributed by atoms with van der Waals surface area (Å²) in [7, 11) is 0. The average molecular weight is 621 g/mol. The van der Waals surface area contributed by atoms with Gasteiger partial charge in [0.15, 0.2) is 0 Å². The van der Waals surface area contributed by atoms with Crippen molar-refractivity contribution in [3.05, 3.63) is 71.8 Å². The van der Waals surface area contributed by atoms with Crippen LogP contribution in [0.2, 0.25) is 0 Å². The number of rotatable bonds is 13. The second-order valence-corrected chi connectivity index (χ2v) is 12.9. The van der Waals surface area contributed by atoms with Crippen molar-refractivity contribution in [2.24, 2.45) is 0 Å². The summed E-state index contributed by atoms with van der Waals surface area (Å²) in [5, 5.41) is 5.51. The Morgan fingerprint density at radius 3 is 2.11 bits per heavy atom. The Morgan fingerprint density at radius 1 is 0.867 bits per heavy atom. The number of carbonyl (C=O) groups excluding carboxylic acids is 4. The quantitative estimate of drug-likeness (QED) is 0.350. The minimum absolute atomic E-state index is 0.0103. The lowest BCUT2D eigenvalue weighted by molar-refractivity contribution is -0.123. The van der Waals surface area contributed by atoms with Gasteiger partial charge in [-0.1, -0.05) is 67.6 Å². The van der Waals surface area contributed by atoms with Gasteiger partial charge in [0.1, 0.15) is 11.6 Å². The van der Waals surface area contributed by atoms with E-state index in [1.165, 1.54) is 0 Å². The summed E-state index contributed by atoms with van der Waals surface area (Å²) in [6, 6.07) is 19.1. The molecule has 2 fully saturated rings. The fourth-order valence-electron chi connectivity index (χ4n) is 5.87. The number of hydrogen-bond acceptors (Lipinski definition) is 5.